The maximum absolute atomic E-state index is 12.5. The first kappa shape index (κ1) is 26.6. The lowest BCUT2D eigenvalue weighted by Gasteiger charge is -2.08. The Balaban J connectivity index is 1.68. The SMILES string of the molecule is CCOC(=O)c1ccc(NC(=O)/C(C#N)=C/c2ccc(OS(=O)(=O)c3ccc([N+](=O)[O-])cc3)cc2)cc1. The molecule has 0 aromatic heterocycles. The first-order chi connectivity index (χ1) is 17.6. The van der Waals surface area contributed by atoms with Gasteiger partial charge >= 0.3 is 16.1 Å². The van der Waals surface area contributed by atoms with Gasteiger partial charge in [-0.2, -0.15) is 13.7 Å². The van der Waals surface area contributed by atoms with Crippen molar-refractivity contribution in [1.29, 1.82) is 5.26 Å². The molecule has 3 rings (SSSR count). The van der Waals surface area contributed by atoms with E-state index in [1.807, 2.05) is 0 Å². The minimum absolute atomic E-state index is 0.0415. The molecule has 0 atom stereocenters. The van der Waals surface area contributed by atoms with Crippen LogP contribution >= 0.6 is 0 Å². The Labute approximate surface area is 211 Å². The standard InChI is InChI=1S/C25H19N3O8S/c1-2-35-25(30)18-5-7-20(8-6-18)27-24(29)19(16-26)15-17-3-11-22(12-4-17)36-37(33,34)23-13-9-21(10-14-23)28(31)32/h3-15H,2H2,1H3,(H,27,29)/b19-15+. The molecule has 0 saturated heterocycles. The summed E-state index contributed by atoms with van der Waals surface area (Å²) < 4.78 is 34.8. The Hall–Kier alpha value is -5.02. The van der Waals surface area contributed by atoms with E-state index in [0.717, 1.165) is 24.3 Å². The zero-order chi connectivity index (χ0) is 27.0. The highest BCUT2D eigenvalue weighted by molar-refractivity contribution is 7.87. The van der Waals surface area contributed by atoms with Gasteiger partial charge in [-0.1, -0.05) is 12.1 Å². The number of nitro groups is 1. The molecule has 3 aromatic rings. The smallest absolute Gasteiger partial charge is 0.339 e. The van der Waals surface area contributed by atoms with E-state index < -0.39 is 26.9 Å². The molecule has 1 N–H and O–H groups in total. The summed E-state index contributed by atoms with van der Waals surface area (Å²) in [7, 11) is -4.24. The molecule has 1 amide bonds. The largest absolute Gasteiger partial charge is 0.462 e. The molecule has 12 heteroatoms. The van der Waals surface area contributed by atoms with Crippen LogP contribution in [0.1, 0.15) is 22.8 Å². The monoisotopic (exact) mass is 521 g/mol. The zero-order valence-corrected chi connectivity index (χ0v) is 20.1. The van der Waals surface area contributed by atoms with Crippen LogP contribution in [0.3, 0.4) is 0 Å². The highest BCUT2D eigenvalue weighted by Crippen LogP contribution is 2.22. The second-order valence-electron chi connectivity index (χ2n) is 7.28. The summed E-state index contributed by atoms with van der Waals surface area (Å²) in [6, 6.07) is 17.5. The first-order valence-corrected chi connectivity index (χ1v) is 12.0. The summed E-state index contributed by atoms with van der Waals surface area (Å²) in [6.45, 7) is 1.92. The number of nitrogens with zero attached hydrogens (tertiary/aromatic N) is 2. The lowest BCUT2D eigenvalue weighted by Crippen LogP contribution is -2.13. The second-order valence-corrected chi connectivity index (χ2v) is 8.83. The van der Waals surface area contributed by atoms with Crippen molar-refractivity contribution in [2.45, 2.75) is 11.8 Å². The fourth-order valence-corrected chi connectivity index (χ4v) is 3.88. The molecule has 188 valence electrons. The summed E-state index contributed by atoms with van der Waals surface area (Å²) in [5.41, 5.74) is 0.611. The van der Waals surface area contributed by atoms with Crippen LogP contribution in [0.5, 0.6) is 5.75 Å². The number of carbonyl (C=O) groups is 2. The summed E-state index contributed by atoms with van der Waals surface area (Å²) in [5.74, 6) is -1.22. The Bertz CT molecular complexity index is 1490. The normalized spacial score (nSPS) is 11.2. The maximum atomic E-state index is 12.5. The topological polar surface area (TPSA) is 166 Å². The Kier molecular flexibility index (Phi) is 8.34. The van der Waals surface area contributed by atoms with Crippen molar-refractivity contribution >= 4 is 39.4 Å². The highest BCUT2D eigenvalue weighted by atomic mass is 32.2. The summed E-state index contributed by atoms with van der Waals surface area (Å²) in [4.78, 5) is 34.0. The van der Waals surface area contributed by atoms with Crippen LogP contribution in [-0.2, 0) is 19.6 Å². The Morgan fingerprint density at radius 1 is 1.03 bits per heavy atom. The van der Waals surface area contributed by atoms with E-state index in [2.05, 4.69) is 5.32 Å². The van der Waals surface area contributed by atoms with Crippen molar-refractivity contribution in [3.63, 3.8) is 0 Å². The third-order valence-electron chi connectivity index (χ3n) is 4.75. The number of nitro benzene ring substituents is 1. The van der Waals surface area contributed by atoms with Gasteiger partial charge in [0.15, 0.2) is 0 Å². The van der Waals surface area contributed by atoms with E-state index in [4.69, 9.17) is 8.92 Å². The van der Waals surface area contributed by atoms with Crippen LogP contribution in [0.25, 0.3) is 6.08 Å². The van der Waals surface area contributed by atoms with Gasteiger partial charge in [-0.3, -0.25) is 14.9 Å². The van der Waals surface area contributed by atoms with Crippen LogP contribution in [-0.4, -0.2) is 31.8 Å². The number of carbonyl (C=O) groups excluding carboxylic acids is 2. The van der Waals surface area contributed by atoms with Crippen molar-refractivity contribution in [2.24, 2.45) is 0 Å². The number of esters is 1. The van der Waals surface area contributed by atoms with E-state index >= 15 is 0 Å². The van der Waals surface area contributed by atoms with E-state index in [1.165, 1.54) is 54.6 Å². The van der Waals surface area contributed by atoms with E-state index in [9.17, 15) is 33.4 Å². The number of hydrogen-bond donors (Lipinski definition) is 1. The van der Waals surface area contributed by atoms with Crippen molar-refractivity contribution in [1.82, 2.24) is 0 Å². The fourth-order valence-electron chi connectivity index (χ4n) is 2.95. The molecule has 0 fully saturated rings. The van der Waals surface area contributed by atoms with Gasteiger partial charge in [-0.05, 0) is 67.1 Å². The van der Waals surface area contributed by atoms with Crippen molar-refractivity contribution in [3.05, 3.63) is 99.6 Å². The molecule has 0 bridgehead atoms. The number of ether oxygens (including phenoxy) is 1. The van der Waals surface area contributed by atoms with Crippen LogP contribution in [0.2, 0.25) is 0 Å². The van der Waals surface area contributed by atoms with Crippen molar-refractivity contribution in [3.8, 4) is 11.8 Å². The number of anilines is 1. The third kappa shape index (κ3) is 7.00. The Morgan fingerprint density at radius 2 is 1.65 bits per heavy atom. The molecule has 11 nitrogen and oxygen atoms in total. The zero-order valence-electron chi connectivity index (χ0n) is 19.3. The van der Waals surface area contributed by atoms with Gasteiger partial charge in [-0.15, -0.1) is 0 Å². The predicted octanol–water partition coefficient (Wildman–Crippen LogP) is 4.08. The molecular weight excluding hydrogens is 502 g/mol. The Morgan fingerprint density at radius 3 is 2.19 bits per heavy atom. The van der Waals surface area contributed by atoms with E-state index in [0.29, 0.717) is 16.8 Å². The van der Waals surface area contributed by atoms with E-state index in [1.54, 1.807) is 13.0 Å². The first-order valence-electron chi connectivity index (χ1n) is 10.6. The lowest BCUT2D eigenvalue weighted by molar-refractivity contribution is -0.384. The van der Waals surface area contributed by atoms with Crippen LogP contribution < -0.4 is 9.50 Å². The molecular formula is C25H19N3O8S. The van der Waals surface area contributed by atoms with Gasteiger partial charge in [0.1, 0.15) is 22.3 Å². The van der Waals surface area contributed by atoms with Gasteiger partial charge in [0, 0.05) is 17.8 Å². The molecule has 0 unspecified atom stereocenters. The third-order valence-corrected chi connectivity index (χ3v) is 6.01. The molecule has 0 saturated carbocycles. The van der Waals surface area contributed by atoms with Gasteiger partial charge in [-0.25, -0.2) is 4.79 Å². The maximum Gasteiger partial charge on any atom is 0.339 e. The lowest BCUT2D eigenvalue weighted by atomic mass is 10.1. The van der Waals surface area contributed by atoms with Gasteiger partial charge in [0.05, 0.1) is 17.1 Å². The van der Waals surface area contributed by atoms with Crippen LogP contribution in [0, 0.1) is 21.4 Å². The minimum atomic E-state index is -4.24. The van der Waals surface area contributed by atoms with Gasteiger partial charge in [0.2, 0.25) is 0 Å². The summed E-state index contributed by atoms with van der Waals surface area (Å²) >= 11 is 0. The number of nitrogens with one attached hydrogen (secondary N) is 1. The average molecular weight is 522 g/mol. The van der Waals surface area contributed by atoms with E-state index in [-0.39, 0.29) is 28.5 Å². The van der Waals surface area contributed by atoms with Crippen LogP contribution in [0.4, 0.5) is 11.4 Å². The van der Waals surface area contributed by atoms with Crippen LogP contribution in [0.15, 0.2) is 83.3 Å². The minimum Gasteiger partial charge on any atom is -0.462 e. The van der Waals surface area contributed by atoms with Crippen molar-refractivity contribution in [2.75, 3.05) is 11.9 Å². The number of amides is 1. The number of hydrogen-bond acceptors (Lipinski definition) is 9. The molecule has 37 heavy (non-hydrogen) atoms. The molecule has 0 radical (unpaired) electrons. The molecule has 0 aliphatic heterocycles. The molecule has 3 aromatic carbocycles. The molecule has 0 aliphatic carbocycles. The molecule has 0 spiro atoms. The average Bonchev–Trinajstić information content (AvgIpc) is 2.88. The van der Waals surface area contributed by atoms with Gasteiger partial charge in [0.25, 0.3) is 11.6 Å². The fraction of sp³-hybridized carbons (Fsp3) is 0.0800. The highest BCUT2D eigenvalue weighted by Gasteiger charge is 2.18. The number of benzene rings is 3. The molecule has 0 aliphatic rings. The number of non-ortho nitro benzene ring substituents is 1. The quantitative estimate of drug-likeness (QED) is 0.109. The number of nitriles is 1. The summed E-state index contributed by atoms with van der Waals surface area (Å²) in [5, 5.41) is 22.7. The predicted molar refractivity (Wildman–Crippen MR) is 132 cm³/mol. The summed E-state index contributed by atoms with van der Waals surface area (Å²) in [6.07, 6.45) is 1.30. The molecule has 0 heterocycles. The van der Waals surface area contributed by atoms with Crippen molar-refractivity contribution < 1.29 is 31.9 Å². The number of rotatable bonds is 9. The second kappa shape index (κ2) is 11.6. The van der Waals surface area contributed by atoms with Gasteiger partial charge < -0.3 is 14.2 Å².